The van der Waals surface area contributed by atoms with E-state index in [0.29, 0.717) is 41.9 Å². The number of hydrogen-bond acceptors (Lipinski definition) is 7. The van der Waals surface area contributed by atoms with Crippen molar-refractivity contribution in [2.24, 2.45) is 4.99 Å². The highest BCUT2D eigenvalue weighted by Gasteiger charge is 2.42. The molecule has 0 aliphatic carbocycles. The van der Waals surface area contributed by atoms with E-state index in [1.807, 2.05) is 60.0 Å². The average Bonchev–Trinajstić information content (AvgIpc) is 3.54. The Morgan fingerprint density at radius 1 is 1.00 bits per heavy atom. The Balaban J connectivity index is 1.32. The number of nitrogens with zero attached hydrogens (tertiary/aromatic N) is 5. The van der Waals surface area contributed by atoms with Crippen LogP contribution in [0.3, 0.4) is 0 Å². The van der Waals surface area contributed by atoms with Crippen LogP contribution in [0.4, 0.5) is 5.69 Å². The molecule has 0 spiro atoms. The lowest BCUT2D eigenvalue weighted by Gasteiger charge is -2.38. The summed E-state index contributed by atoms with van der Waals surface area (Å²) < 4.78 is 7.50. The van der Waals surface area contributed by atoms with Gasteiger partial charge < -0.3 is 14.5 Å². The minimum Gasteiger partial charge on any atom is -0.372 e. The summed E-state index contributed by atoms with van der Waals surface area (Å²) in [5, 5.41) is 6.82. The number of aromatic nitrogens is 2. The van der Waals surface area contributed by atoms with Crippen molar-refractivity contribution in [1.29, 1.82) is 0 Å². The van der Waals surface area contributed by atoms with Gasteiger partial charge in [-0.05, 0) is 31.5 Å². The normalized spacial score (nSPS) is 24.3. The van der Waals surface area contributed by atoms with Crippen LogP contribution in [0.1, 0.15) is 30.5 Å². The van der Waals surface area contributed by atoms with Crippen LogP contribution in [0.5, 0.6) is 0 Å². The molecule has 2 aromatic heterocycles. The predicted molar refractivity (Wildman–Crippen MR) is 144 cm³/mol. The Kier molecular flexibility index (Phi) is 5.27. The number of amides is 3. The Morgan fingerprint density at radius 3 is 2.62 bits per heavy atom. The van der Waals surface area contributed by atoms with Gasteiger partial charge >= 0.3 is 0 Å². The molecular weight excluding hydrogens is 496 g/mol. The number of morpholine rings is 1. The number of pyridine rings is 1. The number of anilines is 1. The minimum atomic E-state index is -0.509. The van der Waals surface area contributed by atoms with Crippen molar-refractivity contribution in [3.05, 3.63) is 83.5 Å². The van der Waals surface area contributed by atoms with E-state index >= 15 is 0 Å². The summed E-state index contributed by atoms with van der Waals surface area (Å²) in [7, 11) is 0. The Labute approximate surface area is 224 Å². The molecule has 1 aromatic carbocycles. The Morgan fingerprint density at radius 2 is 1.79 bits per heavy atom. The van der Waals surface area contributed by atoms with Crippen LogP contribution in [-0.2, 0) is 25.5 Å². The monoisotopic (exact) mass is 522 g/mol. The second-order valence-corrected chi connectivity index (χ2v) is 10.3. The molecule has 1 saturated heterocycles. The SMILES string of the molecule is C[C@@H]1CN(C(=O)C2Cc3cccc4c3N2C=CN=C4C2=C(c3cnn4ccccc34)C(=O)NC2=O)C[C@H](C)O1. The number of para-hydroxylation sites is 1. The van der Waals surface area contributed by atoms with E-state index in [0.717, 1.165) is 11.3 Å². The van der Waals surface area contributed by atoms with Crippen molar-refractivity contribution in [3.8, 4) is 0 Å². The first-order valence-electron chi connectivity index (χ1n) is 13.0. The third kappa shape index (κ3) is 3.63. The summed E-state index contributed by atoms with van der Waals surface area (Å²) in [5.74, 6) is -0.963. The number of imide groups is 1. The van der Waals surface area contributed by atoms with Crippen LogP contribution >= 0.6 is 0 Å². The fourth-order valence-corrected chi connectivity index (χ4v) is 6.18. The lowest BCUT2D eigenvalue weighted by Crippen LogP contribution is -2.53. The van der Waals surface area contributed by atoms with E-state index < -0.39 is 17.9 Å². The number of fused-ring (bicyclic) bond motifs is 1. The standard InChI is InChI=1S/C29H26N6O4/c1-16-14-33(15-17(2)39-16)29(38)22-12-18-6-5-7-19-25(30-9-11-34(22)26(18)19)24-23(27(36)32-28(24)37)20-13-31-35-10-4-3-8-21(20)35/h3-11,13,16-17,22H,12,14-15H2,1-2H3,(H,32,36,37)/t16-,17+,22?. The molecule has 7 rings (SSSR count). The van der Waals surface area contributed by atoms with Crippen LogP contribution < -0.4 is 10.2 Å². The first-order chi connectivity index (χ1) is 18.9. The van der Waals surface area contributed by atoms with Crippen LogP contribution in [-0.4, -0.2) is 69.3 Å². The first kappa shape index (κ1) is 23.5. The number of aliphatic imine (C=N–C) groups is 1. The molecule has 0 radical (unpaired) electrons. The summed E-state index contributed by atoms with van der Waals surface area (Å²) in [6.07, 6.45) is 7.25. The smallest absolute Gasteiger partial charge is 0.261 e. The minimum absolute atomic E-state index is 0.0321. The lowest BCUT2D eigenvalue weighted by atomic mass is 9.93. The van der Waals surface area contributed by atoms with Crippen molar-refractivity contribution in [3.63, 3.8) is 0 Å². The Hall–Kier alpha value is -4.57. The van der Waals surface area contributed by atoms with E-state index in [2.05, 4.69) is 15.4 Å². The highest BCUT2D eigenvalue weighted by atomic mass is 16.5. The number of benzene rings is 1. The highest BCUT2D eigenvalue weighted by molar-refractivity contribution is 6.48. The zero-order valence-electron chi connectivity index (χ0n) is 21.5. The molecular formula is C29H26N6O4. The summed E-state index contributed by atoms with van der Waals surface area (Å²) in [4.78, 5) is 48.7. The maximum Gasteiger partial charge on any atom is 0.261 e. The molecule has 0 bridgehead atoms. The molecule has 10 nitrogen and oxygen atoms in total. The van der Waals surface area contributed by atoms with E-state index in [-0.39, 0.29) is 29.3 Å². The topological polar surface area (TPSA) is 109 Å². The number of rotatable bonds is 3. The molecule has 10 heteroatoms. The van der Waals surface area contributed by atoms with Gasteiger partial charge in [0.05, 0.1) is 46.5 Å². The summed E-state index contributed by atoms with van der Waals surface area (Å²) in [6.45, 7) is 5.04. The van der Waals surface area contributed by atoms with Gasteiger partial charge in [0.2, 0.25) is 5.91 Å². The summed E-state index contributed by atoms with van der Waals surface area (Å²) in [6, 6.07) is 10.9. The largest absolute Gasteiger partial charge is 0.372 e. The summed E-state index contributed by atoms with van der Waals surface area (Å²) in [5.41, 5.74) is 4.60. The second kappa shape index (κ2) is 8.74. The van der Waals surface area contributed by atoms with Crippen molar-refractivity contribution < 1.29 is 19.1 Å². The maximum atomic E-state index is 13.8. The van der Waals surface area contributed by atoms with Gasteiger partial charge in [-0.1, -0.05) is 24.3 Å². The van der Waals surface area contributed by atoms with Gasteiger partial charge in [0.15, 0.2) is 0 Å². The predicted octanol–water partition coefficient (Wildman–Crippen LogP) is 2.09. The van der Waals surface area contributed by atoms with Gasteiger partial charge in [0, 0.05) is 49.2 Å². The second-order valence-electron chi connectivity index (χ2n) is 10.3. The molecule has 4 aliphatic heterocycles. The fraction of sp³-hybridized carbons (Fsp3) is 0.276. The zero-order chi connectivity index (χ0) is 26.8. The van der Waals surface area contributed by atoms with Gasteiger partial charge in [0.1, 0.15) is 6.04 Å². The molecule has 3 amide bonds. The zero-order valence-corrected chi connectivity index (χ0v) is 21.5. The van der Waals surface area contributed by atoms with Crippen LogP contribution in [0.2, 0.25) is 0 Å². The maximum absolute atomic E-state index is 13.8. The van der Waals surface area contributed by atoms with Gasteiger partial charge in [-0.2, -0.15) is 5.10 Å². The number of carbonyl (C=O) groups is 3. The molecule has 0 saturated carbocycles. The average molecular weight is 523 g/mol. The number of nitrogens with one attached hydrogen (secondary N) is 1. The van der Waals surface area contributed by atoms with Crippen molar-refractivity contribution in [2.45, 2.75) is 38.5 Å². The molecule has 1 N–H and O–H groups in total. The molecule has 4 aliphatic rings. The van der Waals surface area contributed by atoms with Gasteiger partial charge in [0.25, 0.3) is 11.8 Å². The van der Waals surface area contributed by atoms with Crippen LogP contribution in [0, 0.1) is 0 Å². The van der Waals surface area contributed by atoms with Gasteiger partial charge in [-0.25, -0.2) is 4.52 Å². The molecule has 3 atom stereocenters. The highest BCUT2D eigenvalue weighted by Crippen LogP contribution is 2.41. The van der Waals surface area contributed by atoms with Crippen LogP contribution in [0.25, 0.3) is 11.1 Å². The number of carbonyl (C=O) groups excluding carboxylic acids is 3. The molecule has 39 heavy (non-hydrogen) atoms. The quantitative estimate of drug-likeness (QED) is 0.528. The van der Waals surface area contributed by atoms with Crippen molar-refractivity contribution in [1.82, 2.24) is 19.8 Å². The molecule has 196 valence electrons. The van der Waals surface area contributed by atoms with E-state index in [4.69, 9.17) is 4.74 Å². The third-order valence-electron chi connectivity index (χ3n) is 7.69. The van der Waals surface area contributed by atoms with Crippen molar-refractivity contribution >= 4 is 40.2 Å². The molecule has 3 aromatic rings. The lowest BCUT2D eigenvalue weighted by molar-refractivity contribution is -0.144. The molecule has 1 fully saturated rings. The summed E-state index contributed by atoms with van der Waals surface area (Å²) >= 11 is 0. The number of ether oxygens (including phenoxy) is 1. The molecule has 1 unspecified atom stereocenters. The van der Waals surface area contributed by atoms with Crippen LogP contribution in [0.15, 0.2) is 71.8 Å². The van der Waals surface area contributed by atoms with Crippen molar-refractivity contribution in [2.75, 3.05) is 18.0 Å². The van der Waals surface area contributed by atoms with E-state index in [1.54, 1.807) is 29.3 Å². The van der Waals surface area contributed by atoms with E-state index in [1.165, 1.54) is 0 Å². The number of hydrogen-bond donors (Lipinski definition) is 1. The third-order valence-corrected chi connectivity index (χ3v) is 7.69. The molecule has 6 heterocycles. The Bertz CT molecular complexity index is 1660. The van der Waals surface area contributed by atoms with Gasteiger partial charge in [-0.15, -0.1) is 0 Å². The first-order valence-corrected chi connectivity index (χ1v) is 13.0. The van der Waals surface area contributed by atoms with Gasteiger partial charge in [-0.3, -0.25) is 24.7 Å². The van der Waals surface area contributed by atoms with E-state index in [9.17, 15) is 14.4 Å². The fourth-order valence-electron chi connectivity index (χ4n) is 6.18.